The first-order valence-electron chi connectivity index (χ1n) is 5.82. The van der Waals surface area contributed by atoms with E-state index in [1.54, 1.807) is 6.07 Å². The van der Waals surface area contributed by atoms with Gasteiger partial charge in [-0.05, 0) is 43.1 Å². The van der Waals surface area contributed by atoms with Crippen LogP contribution in [0, 0.1) is 13.8 Å². The Morgan fingerprint density at radius 1 is 1.32 bits per heavy atom. The molecule has 4 nitrogen and oxygen atoms in total. The van der Waals surface area contributed by atoms with Gasteiger partial charge in [-0.15, -0.1) is 0 Å². The van der Waals surface area contributed by atoms with Gasteiger partial charge in [-0.25, -0.2) is 5.10 Å². The van der Waals surface area contributed by atoms with Crippen LogP contribution in [0.1, 0.15) is 16.7 Å². The summed E-state index contributed by atoms with van der Waals surface area (Å²) >= 11 is 5.33. The topological polar surface area (TPSA) is 62.8 Å². The number of rotatable bonds is 3. The second-order valence-corrected chi connectivity index (χ2v) is 4.88. The summed E-state index contributed by atoms with van der Waals surface area (Å²) in [5.74, 6) is 0. The lowest BCUT2D eigenvalue weighted by Crippen LogP contribution is -2.16. The summed E-state index contributed by atoms with van der Waals surface area (Å²) in [6.45, 7) is 3.95. The molecule has 0 unspecified atom stereocenters. The van der Waals surface area contributed by atoms with E-state index in [0.29, 0.717) is 11.3 Å². The molecule has 98 valence electrons. The van der Waals surface area contributed by atoms with E-state index in [9.17, 15) is 9.59 Å². The quantitative estimate of drug-likeness (QED) is 0.876. The molecule has 2 rings (SSSR count). The summed E-state index contributed by atoms with van der Waals surface area (Å²) in [7, 11) is 0. The second-order valence-electron chi connectivity index (χ2n) is 4.46. The number of nitrogens with one attached hydrogen (secondary N) is 1. The molecule has 0 radical (unpaired) electrons. The van der Waals surface area contributed by atoms with Crippen LogP contribution < -0.4 is 5.56 Å². The number of aromatic nitrogens is 2. The summed E-state index contributed by atoms with van der Waals surface area (Å²) in [5.41, 5.74) is 3.65. The smallest absolute Gasteiger partial charge is 0.267 e. The van der Waals surface area contributed by atoms with E-state index in [1.807, 2.05) is 32.0 Å². The van der Waals surface area contributed by atoms with Gasteiger partial charge in [0.1, 0.15) is 0 Å². The average Bonchev–Trinajstić information content (AvgIpc) is 2.34. The fraction of sp³-hybridized carbons (Fsp3) is 0.214. The molecule has 2 aromatic rings. The molecular formula is C14H13ClN2O2. The first-order chi connectivity index (χ1) is 8.97. The van der Waals surface area contributed by atoms with Gasteiger partial charge in [-0.2, -0.15) is 5.10 Å². The fourth-order valence-corrected chi connectivity index (χ4v) is 2.02. The lowest BCUT2D eigenvalue weighted by atomic mass is 10.0. The van der Waals surface area contributed by atoms with Gasteiger partial charge in [0, 0.05) is 11.1 Å². The molecule has 0 saturated carbocycles. The SMILES string of the molecule is Cc1ccc(C)c(-c2cc(CC(=O)Cl)c(=O)[nH]n2)c1. The van der Waals surface area contributed by atoms with Crippen molar-refractivity contribution in [3.05, 3.63) is 51.3 Å². The normalized spacial score (nSPS) is 10.5. The molecule has 0 aliphatic heterocycles. The fourth-order valence-electron chi connectivity index (χ4n) is 1.88. The van der Waals surface area contributed by atoms with E-state index >= 15 is 0 Å². The highest BCUT2D eigenvalue weighted by Gasteiger charge is 2.10. The summed E-state index contributed by atoms with van der Waals surface area (Å²) in [6.07, 6.45) is -0.0999. The molecule has 0 spiro atoms. The predicted octanol–water partition coefficient (Wildman–Crippen LogP) is 2.36. The van der Waals surface area contributed by atoms with E-state index < -0.39 is 5.24 Å². The molecule has 5 heteroatoms. The number of nitrogens with zero attached hydrogens (tertiary/aromatic N) is 1. The third kappa shape index (κ3) is 3.09. The summed E-state index contributed by atoms with van der Waals surface area (Å²) in [5, 5.41) is 5.86. The molecule has 1 N–H and O–H groups in total. The Morgan fingerprint density at radius 2 is 2.05 bits per heavy atom. The minimum Gasteiger partial charge on any atom is -0.281 e. The number of H-pyrrole nitrogens is 1. The first-order valence-corrected chi connectivity index (χ1v) is 6.19. The Balaban J connectivity index is 2.54. The van der Waals surface area contributed by atoms with E-state index in [-0.39, 0.29) is 12.0 Å². The maximum absolute atomic E-state index is 11.6. The summed E-state index contributed by atoms with van der Waals surface area (Å²) in [4.78, 5) is 22.5. The number of carbonyl (C=O) groups excluding carboxylic acids is 1. The van der Waals surface area contributed by atoms with Crippen molar-refractivity contribution in [3.8, 4) is 11.3 Å². The summed E-state index contributed by atoms with van der Waals surface area (Å²) < 4.78 is 0. The Labute approximate surface area is 115 Å². The standard InChI is InChI=1S/C14H13ClN2O2/c1-8-3-4-9(2)11(5-8)12-6-10(7-13(15)18)14(19)17-16-12/h3-6H,7H2,1-2H3,(H,17,19). The number of hydrogen-bond donors (Lipinski definition) is 1. The van der Waals surface area contributed by atoms with Gasteiger partial charge in [0.15, 0.2) is 0 Å². The lowest BCUT2D eigenvalue weighted by Gasteiger charge is -2.07. The van der Waals surface area contributed by atoms with Crippen LogP contribution >= 0.6 is 11.6 Å². The molecule has 0 atom stereocenters. The van der Waals surface area contributed by atoms with E-state index in [4.69, 9.17) is 11.6 Å². The van der Waals surface area contributed by atoms with Crippen LogP contribution in [0.25, 0.3) is 11.3 Å². The van der Waals surface area contributed by atoms with Crippen LogP contribution in [0.5, 0.6) is 0 Å². The Hall–Kier alpha value is -1.94. The van der Waals surface area contributed by atoms with Crippen LogP contribution in [0.2, 0.25) is 0 Å². The van der Waals surface area contributed by atoms with E-state index in [0.717, 1.165) is 16.7 Å². The van der Waals surface area contributed by atoms with Gasteiger partial charge >= 0.3 is 0 Å². The Morgan fingerprint density at radius 3 is 2.74 bits per heavy atom. The molecule has 1 heterocycles. The first kappa shape index (κ1) is 13.5. The Bertz CT molecular complexity index is 692. The molecule has 0 amide bonds. The maximum Gasteiger partial charge on any atom is 0.267 e. The predicted molar refractivity (Wildman–Crippen MR) is 74.3 cm³/mol. The highest BCUT2D eigenvalue weighted by Crippen LogP contribution is 2.22. The largest absolute Gasteiger partial charge is 0.281 e. The van der Waals surface area contributed by atoms with Crippen molar-refractivity contribution in [1.29, 1.82) is 0 Å². The van der Waals surface area contributed by atoms with Crippen LogP contribution in [0.4, 0.5) is 0 Å². The van der Waals surface area contributed by atoms with Gasteiger partial charge in [0.2, 0.25) is 5.24 Å². The zero-order valence-electron chi connectivity index (χ0n) is 10.7. The number of aromatic amines is 1. The zero-order chi connectivity index (χ0) is 14.0. The number of hydrogen-bond acceptors (Lipinski definition) is 3. The summed E-state index contributed by atoms with van der Waals surface area (Å²) in [6, 6.07) is 7.60. The molecule has 0 saturated heterocycles. The van der Waals surface area contributed by atoms with Crippen molar-refractivity contribution in [2.45, 2.75) is 20.3 Å². The van der Waals surface area contributed by atoms with E-state index in [2.05, 4.69) is 10.2 Å². The zero-order valence-corrected chi connectivity index (χ0v) is 11.4. The number of aryl methyl sites for hydroxylation is 2. The molecule has 0 aliphatic carbocycles. The van der Waals surface area contributed by atoms with Gasteiger partial charge in [0.05, 0.1) is 12.1 Å². The maximum atomic E-state index is 11.6. The lowest BCUT2D eigenvalue weighted by molar-refractivity contribution is -0.111. The average molecular weight is 277 g/mol. The van der Waals surface area contributed by atoms with Gasteiger partial charge < -0.3 is 0 Å². The number of benzene rings is 1. The van der Waals surface area contributed by atoms with Gasteiger partial charge in [-0.1, -0.05) is 17.7 Å². The Kier molecular flexibility index (Phi) is 3.81. The van der Waals surface area contributed by atoms with Crippen LogP contribution in [0.3, 0.4) is 0 Å². The highest BCUT2D eigenvalue weighted by molar-refractivity contribution is 6.63. The van der Waals surface area contributed by atoms with Crippen molar-refractivity contribution in [3.63, 3.8) is 0 Å². The van der Waals surface area contributed by atoms with Crippen LogP contribution in [-0.4, -0.2) is 15.4 Å². The molecule has 1 aromatic heterocycles. The molecule has 1 aromatic carbocycles. The molecular weight excluding hydrogens is 264 g/mol. The minimum atomic E-state index is -0.566. The molecule has 0 bridgehead atoms. The highest BCUT2D eigenvalue weighted by atomic mass is 35.5. The van der Waals surface area contributed by atoms with E-state index in [1.165, 1.54) is 0 Å². The molecule has 0 aliphatic rings. The minimum absolute atomic E-state index is 0.0999. The van der Waals surface area contributed by atoms with Crippen molar-refractivity contribution in [2.24, 2.45) is 0 Å². The number of halogens is 1. The van der Waals surface area contributed by atoms with Crippen molar-refractivity contribution < 1.29 is 4.79 Å². The van der Waals surface area contributed by atoms with Crippen LogP contribution in [0.15, 0.2) is 29.1 Å². The van der Waals surface area contributed by atoms with Crippen molar-refractivity contribution in [1.82, 2.24) is 10.2 Å². The second kappa shape index (κ2) is 5.36. The van der Waals surface area contributed by atoms with Gasteiger partial charge in [0.25, 0.3) is 5.56 Å². The van der Waals surface area contributed by atoms with Gasteiger partial charge in [-0.3, -0.25) is 9.59 Å². The number of carbonyl (C=O) groups is 1. The third-order valence-corrected chi connectivity index (χ3v) is 3.01. The van der Waals surface area contributed by atoms with Crippen molar-refractivity contribution in [2.75, 3.05) is 0 Å². The van der Waals surface area contributed by atoms with Crippen LogP contribution in [-0.2, 0) is 11.2 Å². The van der Waals surface area contributed by atoms with Crippen molar-refractivity contribution >= 4 is 16.8 Å². The molecule has 0 fully saturated rings. The monoisotopic (exact) mass is 276 g/mol. The molecule has 19 heavy (non-hydrogen) atoms. The third-order valence-electron chi connectivity index (χ3n) is 2.88.